The quantitative estimate of drug-likeness (QED) is 0.211. The summed E-state index contributed by atoms with van der Waals surface area (Å²) in [6.45, 7) is 0. The van der Waals surface area contributed by atoms with Crippen LogP contribution >= 0.6 is 0 Å². The van der Waals surface area contributed by atoms with Gasteiger partial charge >= 0.3 is 0 Å². The van der Waals surface area contributed by atoms with Crippen molar-refractivity contribution in [1.82, 2.24) is 5.43 Å². The van der Waals surface area contributed by atoms with Crippen molar-refractivity contribution in [2.24, 2.45) is 11.0 Å². The molecule has 0 saturated heterocycles. The molecule has 0 aliphatic rings. The summed E-state index contributed by atoms with van der Waals surface area (Å²) in [5.74, 6) is 3.66. The van der Waals surface area contributed by atoms with Gasteiger partial charge in [-0.3, -0.25) is 15.0 Å². The highest BCUT2D eigenvalue weighted by molar-refractivity contribution is 5.83. The molecule has 0 radical (unpaired) electrons. The number of rotatable bonds is 3. The van der Waals surface area contributed by atoms with Gasteiger partial charge in [0.15, 0.2) is 0 Å². The molecule has 4 N–H and O–H groups in total. The molecular weight excluding hydrogens is 136 g/mol. The molecular formula is C4H8N4O2. The fraction of sp³-hybridized carbons (Fsp3) is 0.500. The van der Waals surface area contributed by atoms with Gasteiger partial charge < -0.3 is 0 Å². The van der Waals surface area contributed by atoms with Crippen molar-refractivity contribution in [3.05, 3.63) is 0 Å². The van der Waals surface area contributed by atoms with Gasteiger partial charge in [0.2, 0.25) is 5.91 Å². The zero-order valence-corrected chi connectivity index (χ0v) is 5.26. The Bertz CT molecular complexity index is 155. The van der Waals surface area contributed by atoms with Crippen molar-refractivity contribution in [2.75, 3.05) is 0 Å². The van der Waals surface area contributed by atoms with E-state index in [2.05, 4.69) is 5.11 Å². The Kier molecular flexibility index (Phi) is 3.97. The number of nitrogens with two attached hydrogens (primary N) is 1. The Labute approximate surface area is 57.3 Å². The van der Waals surface area contributed by atoms with E-state index in [0.717, 1.165) is 0 Å². The zero-order chi connectivity index (χ0) is 7.98. The van der Waals surface area contributed by atoms with Crippen molar-refractivity contribution in [3.8, 4) is 0 Å². The van der Waals surface area contributed by atoms with Gasteiger partial charge in [0.25, 0.3) is 5.91 Å². The molecule has 0 aromatic heterocycles. The van der Waals surface area contributed by atoms with Crippen LogP contribution in [0.5, 0.6) is 0 Å². The van der Waals surface area contributed by atoms with Crippen LogP contribution < -0.4 is 11.3 Å². The van der Waals surface area contributed by atoms with Crippen LogP contribution in [0.3, 0.4) is 0 Å². The molecule has 0 bridgehead atoms. The molecule has 2 amide bonds. The van der Waals surface area contributed by atoms with Gasteiger partial charge in [-0.05, 0) is 0 Å². The number of amides is 2. The van der Waals surface area contributed by atoms with E-state index in [1.165, 1.54) is 0 Å². The van der Waals surface area contributed by atoms with Crippen molar-refractivity contribution >= 4 is 11.8 Å². The number of nitrogens with one attached hydrogen (secondary N) is 2. The first kappa shape index (κ1) is 8.70. The second-order valence-corrected chi connectivity index (χ2v) is 1.57. The number of hydrazine groups is 1. The average molecular weight is 144 g/mol. The fourth-order valence-corrected chi connectivity index (χ4v) is 0.349. The molecule has 0 aliphatic carbocycles. The molecule has 0 atom stereocenters. The Hall–Kier alpha value is -1.30. The van der Waals surface area contributed by atoms with Gasteiger partial charge in [-0.15, -0.1) is 5.11 Å². The largest absolute Gasteiger partial charge is 0.294 e. The van der Waals surface area contributed by atoms with Crippen LogP contribution in [0.25, 0.3) is 0 Å². The molecule has 0 saturated carbocycles. The van der Waals surface area contributed by atoms with E-state index in [0.29, 0.717) is 0 Å². The molecule has 6 heteroatoms. The van der Waals surface area contributed by atoms with Gasteiger partial charge in [-0.1, -0.05) is 0 Å². The van der Waals surface area contributed by atoms with E-state index < -0.39 is 11.8 Å². The SMILES string of the molecule is N=NC(=O)CCC(=O)NN. The summed E-state index contributed by atoms with van der Waals surface area (Å²) in [7, 11) is 0. The molecule has 0 aliphatic heterocycles. The third-order valence-electron chi connectivity index (χ3n) is 0.852. The summed E-state index contributed by atoms with van der Waals surface area (Å²) in [4.78, 5) is 20.6. The number of hydrogen-bond donors (Lipinski definition) is 3. The van der Waals surface area contributed by atoms with E-state index in [1.807, 2.05) is 5.43 Å². The molecule has 56 valence electrons. The van der Waals surface area contributed by atoms with Crippen molar-refractivity contribution in [1.29, 1.82) is 5.53 Å². The van der Waals surface area contributed by atoms with Crippen molar-refractivity contribution < 1.29 is 9.59 Å². The lowest BCUT2D eigenvalue weighted by atomic mass is 10.3. The van der Waals surface area contributed by atoms with Crippen molar-refractivity contribution in [2.45, 2.75) is 12.8 Å². The first-order valence-corrected chi connectivity index (χ1v) is 2.60. The van der Waals surface area contributed by atoms with Crippen LogP contribution in [0.1, 0.15) is 12.8 Å². The fourth-order valence-electron chi connectivity index (χ4n) is 0.349. The van der Waals surface area contributed by atoms with Gasteiger partial charge in [0.05, 0.1) is 0 Å². The minimum Gasteiger partial charge on any atom is -0.294 e. The summed E-state index contributed by atoms with van der Waals surface area (Å²) in [5, 5.41) is 2.59. The van der Waals surface area contributed by atoms with Gasteiger partial charge in [0.1, 0.15) is 0 Å². The second-order valence-electron chi connectivity index (χ2n) is 1.57. The Balaban J connectivity index is 3.44. The van der Waals surface area contributed by atoms with Crippen LogP contribution in [0.2, 0.25) is 0 Å². The summed E-state index contributed by atoms with van der Waals surface area (Å²) in [6.07, 6.45) is -0.0791. The van der Waals surface area contributed by atoms with E-state index in [9.17, 15) is 9.59 Å². The van der Waals surface area contributed by atoms with Crippen LogP contribution in [0, 0.1) is 5.53 Å². The third-order valence-corrected chi connectivity index (χ3v) is 0.852. The Morgan fingerprint density at radius 2 is 2.10 bits per heavy atom. The summed E-state index contributed by atoms with van der Waals surface area (Å²) >= 11 is 0. The van der Waals surface area contributed by atoms with E-state index in [-0.39, 0.29) is 12.8 Å². The summed E-state index contributed by atoms with van der Waals surface area (Å²) in [6, 6.07) is 0. The Morgan fingerprint density at radius 1 is 1.50 bits per heavy atom. The van der Waals surface area contributed by atoms with Crippen LogP contribution in [0.4, 0.5) is 0 Å². The molecule has 0 unspecified atom stereocenters. The molecule has 6 nitrogen and oxygen atoms in total. The van der Waals surface area contributed by atoms with Crippen LogP contribution in [-0.4, -0.2) is 11.8 Å². The zero-order valence-electron chi connectivity index (χ0n) is 5.26. The molecule has 0 spiro atoms. The minimum absolute atomic E-state index is 0.0162. The number of carbonyl (C=O) groups excluding carboxylic acids is 2. The summed E-state index contributed by atoms with van der Waals surface area (Å²) < 4.78 is 0. The van der Waals surface area contributed by atoms with Gasteiger partial charge in [0, 0.05) is 12.8 Å². The smallest absolute Gasteiger partial charge is 0.264 e. The van der Waals surface area contributed by atoms with Gasteiger partial charge in [-0.25, -0.2) is 11.4 Å². The maximum atomic E-state index is 10.3. The van der Waals surface area contributed by atoms with Crippen molar-refractivity contribution in [3.63, 3.8) is 0 Å². The maximum Gasteiger partial charge on any atom is 0.264 e. The molecule has 0 heterocycles. The Morgan fingerprint density at radius 3 is 2.50 bits per heavy atom. The predicted molar refractivity (Wildman–Crippen MR) is 31.7 cm³/mol. The lowest BCUT2D eigenvalue weighted by Gasteiger charge is -1.93. The van der Waals surface area contributed by atoms with E-state index in [4.69, 9.17) is 11.4 Å². The highest BCUT2D eigenvalue weighted by atomic mass is 16.2. The topological polar surface area (TPSA) is 108 Å². The third kappa shape index (κ3) is 3.67. The molecule has 0 aromatic rings. The second kappa shape index (κ2) is 4.57. The predicted octanol–water partition coefficient (Wildman–Crippen LogP) is -0.686. The number of carbonyl (C=O) groups is 2. The standard InChI is InChI=1S/C4H8N4O2/c5-7-3(9)1-2-4(10)8-6/h5H,1-2,6H2,(H,8,10). The highest BCUT2D eigenvalue weighted by Gasteiger charge is 2.02. The highest BCUT2D eigenvalue weighted by Crippen LogP contribution is 1.90. The lowest BCUT2D eigenvalue weighted by molar-refractivity contribution is -0.125. The molecule has 0 fully saturated rings. The first-order valence-electron chi connectivity index (χ1n) is 2.60. The van der Waals surface area contributed by atoms with E-state index >= 15 is 0 Å². The molecule has 10 heavy (non-hydrogen) atoms. The first-order chi connectivity index (χ1) is 4.70. The van der Waals surface area contributed by atoms with Crippen LogP contribution in [0.15, 0.2) is 5.11 Å². The summed E-state index contributed by atoms with van der Waals surface area (Å²) in [5.41, 5.74) is 8.07. The lowest BCUT2D eigenvalue weighted by Crippen LogP contribution is -2.30. The maximum absolute atomic E-state index is 10.3. The molecule has 0 rings (SSSR count). The average Bonchev–Trinajstić information content (AvgIpc) is 1.99. The minimum atomic E-state index is -0.622. The number of nitrogens with zero attached hydrogens (tertiary/aromatic N) is 1. The van der Waals surface area contributed by atoms with Crippen LogP contribution in [-0.2, 0) is 9.59 Å². The normalized spacial score (nSPS) is 8.50. The monoisotopic (exact) mass is 144 g/mol. The molecule has 0 aromatic carbocycles. The number of hydrogen-bond acceptors (Lipinski definition) is 4. The van der Waals surface area contributed by atoms with E-state index in [1.54, 1.807) is 0 Å². The van der Waals surface area contributed by atoms with Gasteiger partial charge in [-0.2, -0.15) is 0 Å².